The fourth-order valence-electron chi connectivity index (χ4n) is 2.87. The molecular weight excluding hydrogens is 370 g/mol. The molecule has 1 atom stereocenters. The highest BCUT2D eigenvalue weighted by Crippen LogP contribution is 2.23. The molecule has 1 aliphatic rings. The summed E-state index contributed by atoms with van der Waals surface area (Å²) < 4.78 is 5.61. The van der Waals surface area contributed by atoms with Crippen molar-refractivity contribution in [2.75, 3.05) is 37.7 Å². The number of benzene rings is 2. The summed E-state index contributed by atoms with van der Waals surface area (Å²) in [5.41, 5.74) is 1.82. The molecule has 0 bridgehead atoms. The van der Waals surface area contributed by atoms with Gasteiger partial charge in [0.25, 0.3) is 5.69 Å². The summed E-state index contributed by atoms with van der Waals surface area (Å²) in [6, 6.07) is 16.5. The molecule has 3 rings (SSSR count). The molecule has 8 heteroatoms. The van der Waals surface area contributed by atoms with Crippen molar-refractivity contribution in [3.05, 3.63) is 70.3 Å². The van der Waals surface area contributed by atoms with Crippen molar-refractivity contribution in [1.29, 1.82) is 0 Å². The summed E-state index contributed by atoms with van der Waals surface area (Å²) >= 11 is 6.43. The maximum Gasteiger partial charge on any atom is 0.269 e. The molecule has 1 unspecified atom stereocenters. The normalized spacial score (nSPS) is 17.8. The summed E-state index contributed by atoms with van der Waals surface area (Å²) in [4.78, 5) is 18.2. The van der Waals surface area contributed by atoms with E-state index < -0.39 is 4.92 Å². The molecule has 144 valence electrons. The number of piperazine rings is 1. The van der Waals surface area contributed by atoms with Gasteiger partial charge in [0, 0.05) is 37.5 Å². The number of ether oxygens (including phenoxy) is 1. The highest BCUT2D eigenvalue weighted by molar-refractivity contribution is 6.20. The number of nitro groups is 1. The zero-order valence-corrected chi connectivity index (χ0v) is 15.6. The van der Waals surface area contributed by atoms with Gasteiger partial charge in [0.2, 0.25) is 0 Å². The predicted molar refractivity (Wildman–Crippen MR) is 104 cm³/mol. The number of nitro benzene ring substituents is 1. The van der Waals surface area contributed by atoms with E-state index in [-0.39, 0.29) is 11.2 Å². The standard InChI is InChI=1S/C19H22ClN3O4/c20-19-14-21(17-6-8-18(9-7-17)23(24)25)10-11-22(19)27-13-12-26-15-16-4-2-1-3-5-16/h1-9,19H,10-15H2. The number of alkyl halides is 1. The number of hydrogen-bond donors (Lipinski definition) is 0. The van der Waals surface area contributed by atoms with Crippen molar-refractivity contribution in [3.8, 4) is 0 Å². The Balaban J connectivity index is 1.38. The molecule has 1 aliphatic heterocycles. The van der Waals surface area contributed by atoms with Crippen LogP contribution in [0, 0.1) is 10.1 Å². The second-order valence-electron chi connectivity index (χ2n) is 6.17. The van der Waals surface area contributed by atoms with Gasteiger partial charge in [0.05, 0.1) is 24.7 Å². The van der Waals surface area contributed by atoms with Gasteiger partial charge in [-0.05, 0) is 17.7 Å². The molecule has 0 N–H and O–H groups in total. The Bertz CT molecular complexity index is 729. The van der Waals surface area contributed by atoms with Gasteiger partial charge in [0.1, 0.15) is 5.50 Å². The van der Waals surface area contributed by atoms with Crippen LogP contribution in [0.5, 0.6) is 0 Å². The van der Waals surface area contributed by atoms with Crippen LogP contribution in [0.3, 0.4) is 0 Å². The molecule has 2 aromatic rings. The molecular formula is C19H22ClN3O4. The lowest BCUT2D eigenvalue weighted by Crippen LogP contribution is -2.51. The third-order valence-electron chi connectivity index (χ3n) is 4.30. The summed E-state index contributed by atoms with van der Waals surface area (Å²) in [7, 11) is 0. The Morgan fingerprint density at radius 3 is 2.48 bits per heavy atom. The van der Waals surface area contributed by atoms with E-state index in [2.05, 4.69) is 4.90 Å². The lowest BCUT2D eigenvalue weighted by atomic mass is 10.2. The van der Waals surface area contributed by atoms with E-state index in [9.17, 15) is 10.1 Å². The van der Waals surface area contributed by atoms with E-state index in [1.54, 1.807) is 17.2 Å². The SMILES string of the molecule is O=[N+]([O-])c1ccc(N2CCN(OCCOCc3ccccc3)C(Cl)C2)cc1. The minimum Gasteiger partial charge on any atom is -0.374 e. The first-order valence-corrected chi connectivity index (χ1v) is 9.22. The Morgan fingerprint density at radius 1 is 1.07 bits per heavy atom. The van der Waals surface area contributed by atoms with Gasteiger partial charge in [-0.1, -0.05) is 30.3 Å². The summed E-state index contributed by atoms with van der Waals surface area (Å²) in [5, 5.41) is 12.5. The van der Waals surface area contributed by atoms with Crippen LogP contribution < -0.4 is 4.90 Å². The Hall–Kier alpha value is -2.19. The van der Waals surface area contributed by atoms with Crippen molar-refractivity contribution in [2.24, 2.45) is 0 Å². The van der Waals surface area contributed by atoms with Crippen LogP contribution >= 0.6 is 11.6 Å². The van der Waals surface area contributed by atoms with Crippen LogP contribution in [0.4, 0.5) is 11.4 Å². The van der Waals surface area contributed by atoms with E-state index in [1.807, 2.05) is 30.3 Å². The predicted octanol–water partition coefficient (Wildman–Crippen LogP) is 3.43. The van der Waals surface area contributed by atoms with E-state index in [0.717, 1.165) is 17.8 Å². The maximum absolute atomic E-state index is 10.7. The molecule has 0 aromatic heterocycles. The topological polar surface area (TPSA) is 68.1 Å². The molecule has 7 nitrogen and oxygen atoms in total. The maximum atomic E-state index is 10.7. The van der Waals surface area contributed by atoms with Crippen LogP contribution in [0.15, 0.2) is 54.6 Å². The number of anilines is 1. The Kier molecular flexibility index (Phi) is 7.00. The number of nitrogens with zero attached hydrogens (tertiary/aromatic N) is 3. The smallest absolute Gasteiger partial charge is 0.269 e. The van der Waals surface area contributed by atoms with Gasteiger partial charge in [-0.15, -0.1) is 11.6 Å². The average molecular weight is 392 g/mol. The Morgan fingerprint density at radius 2 is 1.81 bits per heavy atom. The second-order valence-corrected chi connectivity index (χ2v) is 6.67. The van der Waals surface area contributed by atoms with Crippen LogP contribution in [0.25, 0.3) is 0 Å². The fourth-order valence-corrected chi connectivity index (χ4v) is 3.19. The van der Waals surface area contributed by atoms with Gasteiger partial charge >= 0.3 is 0 Å². The first-order chi connectivity index (χ1) is 13.1. The quantitative estimate of drug-likeness (QED) is 0.226. The molecule has 2 aromatic carbocycles. The van der Waals surface area contributed by atoms with Crippen molar-refractivity contribution < 1.29 is 14.5 Å². The number of non-ortho nitro benzene ring substituents is 1. The fraction of sp³-hybridized carbons (Fsp3) is 0.368. The van der Waals surface area contributed by atoms with Crippen molar-refractivity contribution in [1.82, 2.24) is 5.06 Å². The van der Waals surface area contributed by atoms with Crippen LogP contribution in [-0.2, 0) is 16.2 Å². The molecule has 0 radical (unpaired) electrons. The van der Waals surface area contributed by atoms with Crippen LogP contribution in [0.1, 0.15) is 5.56 Å². The minimum atomic E-state index is -0.403. The van der Waals surface area contributed by atoms with Gasteiger partial charge in [-0.3, -0.25) is 15.0 Å². The first kappa shape index (κ1) is 19.6. The third kappa shape index (κ3) is 5.64. The second kappa shape index (κ2) is 9.66. The molecule has 0 saturated carbocycles. The monoisotopic (exact) mass is 391 g/mol. The lowest BCUT2D eigenvalue weighted by molar-refractivity contribution is -0.384. The van der Waals surface area contributed by atoms with Gasteiger partial charge < -0.3 is 9.64 Å². The summed E-state index contributed by atoms with van der Waals surface area (Å²) in [6.07, 6.45) is 0. The molecule has 0 aliphatic carbocycles. The van der Waals surface area contributed by atoms with Crippen molar-refractivity contribution >= 4 is 23.0 Å². The van der Waals surface area contributed by atoms with Gasteiger partial charge in [-0.25, -0.2) is 0 Å². The molecule has 1 fully saturated rings. The zero-order chi connectivity index (χ0) is 19.1. The van der Waals surface area contributed by atoms with Crippen LogP contribution in [-0.4, -0.2) is 48.3 Å². The number of rotatable bonds is 8. The van der Waals surface area contributed by atoms with Gasteiger partial charge in [0.15, 0.2) is 0 Å². The van der Waals surface area contributed by atoms with Crippen LogP contribution in [0.2, 0.25) is 0 Å². The highest BCUT2D eigenvalue weighted by Gasteiger charge is 2.26. The van der Waals surface area contributed by atoms with Crippen molar-refractivity contribution in [3.63, 3.8) is 0 Å². The summed E-state index contributed by atoms with van der Waals surface area (Å²) in [5.74, 6) is 0. The number of hydrogen-bond acceptors (Lipinski definition) is 6. The molecule has 1 heterocycles. The zero-order valence-electron chi connectivity index (χ0n) is 14.9. The largest absolute Gasteiger partial charge is 0.374 e. The third-order valence-corrected chi connectivity index (χ3v) is 4.65. The number of hydroxylamine groups is 2. The highest BCUT2D eigenvalue weighted by atomic mass is 35.5. The van der Waals surface area contributed by atoms with Gasteiger partial charge in [-0.2, -0.15) is 5.06 Å². The average Bonchev–Trinajstić information content (AvgIpc) is 2.69. The number of halogens is 1. The summed E-state index contributed by atoms with van der Waals surface area (Å²) in [6.45, 7) is 3.43. The minimum absolute atomic E-state index is 0.0821. The molecule has 1 saturated heterocycles. The molecule has 27 heavy (non-hydrogen) atoms. The van der Waals surface area contributed by atoms with E-state index in [1.165, 1.54) is 12.1 Å². The van der Waals surface area contributed by atoms with Crippen molar-refractivity contribution in [2.45, 2.75) is 12.1 Å². The van der Waals surface area contributed by atoms with E-state index in [0.29, 0.717) is 32.9 Å². The van der Waals surface area contributed by atoms with E-state index >= 15 is 0 Å². The molecule has 0 amide bonds. The Labute approximate surface area is 163 Å². The lowest BCUT2D eigenvalue weighted by Gasteiger charge is -2.38. The van der Waals surface area contributed by atoms with E-state index in [4.69, 9.17) is 21.2 Å². The first-order valence-electron chi connectivity index (χ1n) is 8.78. The molecule has 0 spiro atoms.